The maximum Gasteiger partial charge on any atom is 0.251 e. The highest BCUT2D eigenvalue weighted by Crippen LogP contribution is 2.31. The van der Waals surface area contributed by atoms with Crippen molar-refractivity contribution in [3.63, 3.8) is 0 Å². The first kappa shape index (κ1) is 17.5. The van der Waals surface area contributed by atoms with Crippen molar-refractivity contribution in [1.82, 2.24) is 19.0 Å². The Morgan fingerprint density at radius 3 is 2.75 bits per heavy atom. The van der Waals surface area contributed by atoms with Gasteiger partial charge < -0.3 is 10.2 Å². The molecule has 5 rings (SSSR count). The average Bonchev–Trinajstić information content (AvgIpc) is 3.38. The van der Waals surface area contributed by atoms with Gasteiger partial charge in [-0.05, 0) is 49.1 Å². The molecule has 2 aromatic carbocycles. The third kappa shape index (κ3) is 3.45. The average molecular weight is 410 g/mol. The summed E-state index contributed by atoms with van der Waals surface area (Å²) >= 11 is 2.93. The molecule has 0 unspecified atom stereocenters. The second-order valence-electron chi connectivity index (χ2n) is 7.07. The Labute approximate surface area is 170 Å². The van der Waals surface area contributed by atoms with Gasteiger partial charge in [-0.25, -0.2) is 4.98 Å². The van der Waals surface area contributed by atoms with Crippen molar-refractivity contribution in [3.8, 4) is 0 Å². The van der Waals surface area contributed by atoms with Gasteiger partial charge in [0, 0.05) is 25.2 Å². The molecule has 1 aliphatic heterocycles. The van der Waals surface area contributed by atoms with Crippen LogP contribution >= 0.6 is 23.1 Å². The van der Waals surface area contributed by atoms with E-state index in [2.05, 4.69) is 37.2 Å². The van der Waals surface area contributed by atoms with E-state index in [1.807, 2.05) is 24.3 Å². The molecule has 1 N–H and O–H groups in total. The number of amides is 1. The van der Waals surface area contributed by atoms with Crippen LogP contribution < -0.4 is 10.2 Å². The SMILES string of the molecule is O=C(NCC1CCN(c2nc3ccccc3s2)CC1)c1ccc2nsnc2c1. The number of nitrogens with one attached hydrogen (secondary N) is 1. The monoisotopic (exact) mass is 409 g/mol. The van der Waals surface area contributed by atoms with E-state index in [0.29, 0.717) is 18.0 Å². The molecule has 28 heavy (non-hydrogen) atoms. The molecule has 0 bridgehead atoms. The lowest BCUT2D eigenvalue weighted by atomic mass is 9.97. The first-order valence-electron chi connectivity index (χ1n) is 9.37. The molecular weight excluding hydrogens is 390 g/mol. The summed E-state index contributed by atoms with van der Waals surface area (Å²) in [6, 6.07) is 13.8. The fourth-order valence-electron chi connectivity index (χ4n) is 3.59. The first-order valence-corrected chi connectivity index (χ1v) is 10.9. The normalized spacial score (nSPS) is 15.4. The van der Waals surface area contributed by atoms with Crippen molar-refractivity contribution in [2.75, 3.05) is 24.5 Å². The van der Waals surface area contributed by atoms with Crippen LogP contribution in [0.2, 0.25) is 0 Å². The number of fused-ring (bicyclic) bond motifs is 2. The number of carbonyl (C=O) groups is 1. The van der Waals surface area contributed by atoms with Gasteiger partial charge in [-0.3, -0.25) is 4.79 Å². The number of thiazole rings is 1. The van der Waals surface area contributed by atoms with Crippen molar-refractivity contribution >= 4 is 55.4 Å². The lowest BCUT2D eigenvalue weighted by Gasteiger charge is -2.31. The van der Waals surface area contributed by atoms with Gasteiger partial charge >= 0.3 is 0 Å². The Kier molecular flexibility index (Phi) is 4.66. The molecule has 0 atom stereocenters. The third-order valence-corrected chi connectivity index (χ3v) is 6.89. The standard InChI is InChI=1S/C20H19N5OS2/c26-19(14-5-6-15-17(11-14)24-28-23-15)21-12-13-7-9-25(10-8-13)20-22-16-3-1-2-4-18(16)27-20/h1-6,11,13H,7-10,12H2,(H,21,26). The molecule has 8 heteroatoms. The minimum Gasteiger partial charge on any atom is -0.352 e. The van der Waals surface area contributed by atoms with Crippen LogP contribution in [0.3, 0.4) is 0 Å². The number of anilines is 1. The van der Waals surface area contributed by atoms with Crippen molar-refractivity contribution in [2.45, 2.75) is 12.8 Å². The summed E-state index contributed by atoms with van der Waals surface area (Å²) < 4.78 is 9.61. The summed E-state index contributed by atoms with van der Waals surface area (Å²) in [5.74, 6) is 0.461. The van der Waals surface area contributed by atoms with Gasteiger partial charge in [0.25, 0.3) is 5.91 Å². The fourth-order valence-corrected chi connectivity index (χ4v) is 5.12. The Morgan fingerprint density at radius 1 is 1.07 bits per heavy atom. The number of hydrogen-bond acceptors (Lipinski definition) is 7. The van der Waals surface area contributed by atoms with E-state index in [9.17, 15) is 4.79 Å². The van der Waals surface area contributed by atoms with Gasteiger partial charge in [0.15, 0.2) is 5.13 Å². The highest BCUT2D eigenvalue weighted by molar-refractivity contribution is 7.22. The summed E-state index contributed by atoms with van der Waals surface area (Å²) in [4.78, 5) is 19.6. The molecule has 142 valence electrons. The van der Waals surface area contributed by atoms with E-state index in [1.165, 1.54) is 16.4 Å². The smallest absolute Gasteiger partial charge is 0.251 e. The number of aromatic nitrogens is 3. The van der Waals surface area contributed by atoms with Crippen molar-refractivity contribution in [3.05, 3.63) is 48.0 Å². The van der Waals surface area contributed by atoms with E-state index in [0.717, 1.165) is 47.6 Å². The summed E-state index contributed by atoms with van der Waals surface area (Å²) in [6.45, 7) is 2.67. The largest absolute Gasteiger partial charge is 0.352 e. The lowest BCUT2D eigenvalue weighted by Crippen LogP contribution is -2.38. The lowest BCUT2D eigenvalue weighted by molar-refractivity contribution is 0.0945. The fraction of sp³-hybridized carbons (Fsp3) is 0.300. The van der Waals surface area contributed by atoms with Crippen LogP contribution in [0.25, 0.3) is 21.3 Å². The number of piperidine rings is 1. The molecule has 0 saturated carbocycles. The van der Waals surface area contributed by atoms with Crippen LogP contribution in [-0.4, -0.2) is 39.3 Å². The molecule has 0 radical (unpaired) electrons. The number of nitrogens with zero attached hydrogens (tertiary/aromatic N) is 4. The number of benzene rings is 2. The Bertz CT molecular complexity index is 1100. The zero-order chi connectivity index (χ0) is 18.9. The number of rotatable bonds is 4. The van der Waals surface area contributed by atoms with E-state index in [1.54, 1.807) is 11.3 Å². The first-order chi connectivity index (χ1) is 13.8. The van der Waals surface area contributed by atoms with Crippen molar-refractivity contribution in [2.24, 2.45) is 5.92 Å². The summed E-state index contributed by atoms with van der Waals surface area (Å²) in [5, 5.41) is 4.19. The molecule has 3 heterocycles. The molecule has 6 nitrogen and oxygen atoms in total. The number of carbonyl (C=O) groups excluding carboxylic acids is 1. The van der Waals surface area contributed by atoms with Gasteiger partial charge in [-0.1, -0.05) is 23.5 Å². The van der Waals surface area contributed by atoms with Gasteiger partial charge in [0.1, 0.15) is 11.0 Å². The molecule has 2 aromatic heterocycles. The second-order valence-corrected chi connectivity index (χ2v) is 8.61. The molecule has 1 aliphatic rings. The van der Waals surface area contributed by atoms with E-state index < -0.39 is 0 Å². The minimum absolute atomic E-state index is 0.0384. The Hall–Kier alpha value is -2.58. The number of hydrogen-bond donors (Lipinski definition) is 1. The Balaban J connectivity index is 1.16. The minimum atomic E-state index is -0.0384. The maximum absolute atomic E-state index is 12.5. The molecular formula is C20H19N5OS2. The van der Waals surface area contributed by atoms with Crippen LogP contribution in [0.5, 0.6) is 0 Å². The topological polar surface area (TPSA) is 71.0 Å². The van der Waals surface area contributed by atoms with Crippen LogP contribution in [0, 0.1) is 5.92 Å². The van der Waals surface area contributed by atoms with Crippen LogP contribution in [-0.2, 0) is 0 Å². The zero-order valence-electron chi connectivity index (χ0n) is 15.2. The van der Waals surface area contributed by atoms with E-state index in [-0.39, 0.29) is 5.91 Å². The van der Waals surface area contributed by atoms with Gasteiger partial charge in [-0.15, -0.1) is 0 Å². The molecule has 1 saturated heterocycles. The van der Waals surface area contributed by atoms with E-state index >= 15 is 0 Å². The molecule has 0 spiro atoms. The number of para-hydroxylation sites is 1. The second kappa shape index (κ2) is 7.44. The predicted molar refractivity (Wildman–Crippen MR) is 114 cm³/mol. The predicted octanol–water partition coefficient (Wildman–Crippen LogP) is 3.95. The van der Waals surface area contributed by atoms with Crippen LogP contribution in [0.1, 0.15) is 23.2 Å². The van der Waals surface area contributed by atoms with Gasteiger partial charge in [-0.2, -0.15) is 8.75 Å². The van der Waals surface area contributed by atoms with Gasteiger partial charge in [0.2, 0.25) is 0 Å². The summed E-state index contributed by atoms with van der Waals surface area (Å²) in [5.41, 5.74) is 3.34. The van der Waals surface area contributed by atoms with Gasteiger partial charge in [0.05, 0.1) is 21.9 Å². The summed E-state index contributed by atoms with van der Waals surface area (Å²) in [7, 11) is 0. The maximum atomic E-state index is 12.5. The molecule has 0 aliphatic carbocycles. The third-order valence-electron chi connectivity index (χ3n) is 5.23. The van der Waals surface area contributed by atoms with Crippen LogP contribution in [0.4, 0.5) is 5.13 Å². The molecule has 1 amide bonds. The van der Waals surface area contributed by atoms with Crippen LogP contribution in [0.15, 0.2) is 42.5 Å². The molecule has 1 fully saturated rings. The Morgan fingerprint density at radius 2 is 1.89 bits per heavy atom. The van der Waals surface area contributed by atoms with E-state index in [4.69, 9.17) is 4.98 Å². The zero-order valence-corrected chi connectivity index (χ0v) is 16.8. The van der Waals surface area contributed by atoms with Crippen molar-refractivity contribution < 1.29 is 4.79 Å². The highest BCUT2D eigenvalue weighted by Gasteiger charge is 2.22. The summed E-state index contributed by atoms with van der Waals surface area (Å²) in [6.07, 6.45) is 2.12. The quantitative estimate of drug-likeness (QED) is 0.553. The van der Waals surface area contributed by atoms with Crippen molar-refractivity contribution in [1.29, 1.82) is 0 Å². The molecule has 4 aromatic rings. The highest BCUT2D eigenvalue weighted by atomic mass is 32.1.